The molecule has 3 N–H and O–H groups in total. The molecule has 0 aliphatic carbocycles. The summed E-state index contributed by atoms with van der Waals surface area (Å²) in [7, 11) is 0. The number of hydrogen-bond donors (Lipinski definition) is 3. The molecule has 0 fully saturated rings. The number of carbonyl (C=O) groups is 1. The summed E-state index contributed by atoms with van der Waals surface area (Å²) in [6, 6.07) is 12.5. The van der Waals surface area contributed by atoms with E-state index in [4.69, 9.17) is 33.7 Å². The molecule has 2 aromatic carbocycles. The van der Waals surface area contributed by atoms with Gasteiger partial charge in [-0.1, -0.05) is 17.7 Å². The highest BCUT2D eigenvalue weighted by Crippen LogP contribution is 2.22. The van der Waals surface area contributed by atoms with Crippen molar-refractivity contribution in [2.24, 2.45) is 5.10 Å². The van der Waals surface area contributed by atoms with Gasteiger partial charge in [-0.05, 0) is 73.6 Å². The Morgan fingerprint density at radius 2 is 1.96 bits per heavy atom. The normalized spacial score (nSPS) is 11.0. The van der Waals surface area contributed by atoms with Crippen LogP contribution in [0.2, 0.25) is 5.02 Å². The lowest BCUT2D eigenvalue weighted by molar-refractivity contribution is -0.139. The van der Waals surface area contributed by atoms with Gasteiger partial charge in [-0.3, -0.25) is 5.43 Å². The highest BCUT2D eigenvalue weighted by molar-refractivity contribution is 7.80. The lowest BCUT2D eigenvalue weighted by Crippen LogP contribution is -2.25. The summed E-state index contributed by atoms with van der Waals surface area (Å²) in [5.74, 6) is -0.544. The van der Waals surface area contributed by atoms with Crippen molar-refractivity contribution >= 4 is 46.3 Å². The topological polar surface area (TPSA) is 83.0 Å². The van der Waals surface area contributed by atoms with Gasteiger partial charge in [-0.25, -0.2) is 4.79 Å². The average Bonchev–Trinajstić information content (AvgIpc) is 2.62. The molecule has 0 bridgehead atoms. The van der Waals surface area contributed by atoms with Crippen LogP contribution in [0, 0.1) is 6.92 Å². The number of nitrogens with one attached hydrogen (secondary N) is 2. The Morgan fingerprint density at radius 3 is 2.62 bits per heavy atom. The number of hydrazone groups is 1. The predicted molar refractivity (Wildman–Crippen MR) is 107 cm³/mol. The molecule has 0 saturated carbocycles. The van der Waals surface area contributed by atoms with Crippen molar-refractivity contribution in [1.29, 1.82) is 0 Å². The fourth-order valence-electron chi connectivity index (χ4n) is 2.03. The largest absolute Gasteiger partial charge is 0.482 e. The lowest BCUT2D eigenvalue weighted by atomic mass is 10.1. The second-order valence-corrected chi connectivity index (χ2v) is 6.20. The monoisotopic (exact) mass is 391 g/mol. The number of halogens is 1. The molecule has 0 unspecified atom stereocenters. The molecule has 0 spiro atoms. The SMILES string of the molecule is C/C(=N/NC(=S)Nc1cccc(Cl)c1C)c1ccc(OCC(=O)O)cc1. The number of hydrogen-bond acceptors (Lipinski definition) is 4. The summed E-state index contributed by atoms with van der Waals surface area (Å²) in [5, 5.41) is 16.9. The van der Waals surface area contributed by atoms with Crippen molar-refractivity contribution in [1.82, 2.24) is 5.43 Å². The van der Waals surface area contributed by atoms with Crippen LogP contribution in [0.4, 0.5) is 5.69 Å². The number of carboxylic acids is 1. The fourth-order valence-corrected chi connectivity index (χ4v) is 2.36. The highest BCUT2D eigenvalue weighted by atomic mass is 35.5. The molecular weight excluding hydrogens is 374 g/mol. The van der Waals surface area contributed by atoms with Gasteiger partial charge in [-0.15, -0.1) is 0 Å². The van der Waals surface area contributed by atoms with Crippen LogP contribution < -0.4 is 15.5 Å². The lowest BCUT2D eigenvalue weighted by Gasteiger charge is -2.11. The molecular formula is C18H18ClN3O3S. The first-order valence-electron chi connectivity index (χ1n) is 7.68. The van der Waals surface area contributed by atoms with Crippen molar-refractivity contribution in [3.05, 3.63) is 58.6 Å². The van der Waals surface area contributed by atoms with Crippen molar-refractivity contribution in [3.63, 3.8) is 0 Å². The molecule has 2 rings (SSSR count). The predicted octanol–water partition coefficient (Wildman–Crippen LogP) is 3.82. The third kappa shape index (κ3) is 5.72. The third-order valence-electron chi connectivity index (χ3n) is 3.48. The number of ether oxygens (including phenoxy) is 1. The van der Waals surface area contributed by atoms with Gasteiger partial charge >= 0.3 is 5.97 Å². The van der Waals surface area contributed by atoms with Gasteiger partial charge in [0.1, 0.15) is 5.75 Å². The van der Waals surface area contributed by atoms with Gasteiger partial charge in [0.2, 0.25) is 0 Å². The molecule has 2 aromatic rings. The quantitative estimate of drug-likeness (QED) is 0.394. The number of anilines is 1. The summed E-state index contributed by atoms with van der Waals surface area (Å²) in [6.45, 7) is 3.35. The zero-order valence-corrected chi connectivity index (χ0v) is 15.8. The van der Waals surface area contributed by atoms with Crippen LogP contribution in [-0.4, -0.2) is 28.5 Å². The molecule has 0 saturated heterocycles. The smallest absolute Gasteiger partial charge is 0.341 e. The van der Waals surface area contributed by atoms with Gasteiger partial charge in [0.15, 0.2) is 11.7 Å². The van der Waals surface area contributed by atoms with E-state index in [9.17, 15) is 4.79 Å². The van der Waals surface area contributed by atoms with E-state index in [0.29, 0.717) is 21.6 Å². The van der Waals surface area contributed by atoms with E-state index in [-0.39, 0.29) is 6.61 Å². The summed E-state index contributed by atoms with van der Waals surface area (Å²) in [5.41, 5.74) is 6.05. The molecule has 0 aliphatic heterocycles. The number of aliphatic carboxylic acids is 1. The molecule has 0 amide bonds. The Balaban J connectivity index is 1.95. The zero-order chi connectivity index (χ0) is 19.1. The van der Waals surface area contributed by atoms with Crippen molar-refractivity contribution < 1.29 is 14.6 Å². The number of benzene rings is 2. The van der Waals surface area contributed by atoms with Gasteiger partial charge < -0.3 is 15.2 Å². The first-order valence-corrected chi connectivity index (χ1v) is 8.47. The van der Waals surface area contributed by atoms with Crippen LogP contribution in [0.1, 0.15) is 18.1 Å². The molecule has 0 aliphatic rings. The van der Waals surface area contributed by atoms with Gasteiger partial charge in [0.25, 0.3) is 0 Å². The van der Waals surface area contributed by atoms with Crippen LogP contribution >= 0.6 is 23.8 Å². The van der Waals surface area contributed by atoms with Crippen LogP contribution in [-0.2, 0) is 4.79 Å². The summed E-state index contributed by atoms with van der Waals surface area (Å²) in [6.07, 6.45) is 0. The van der Waals surface area contributed by atoms with E-state index < -0.39 is 5.97 Å². The minimum absolute atomic E-state index is 0.344. The van der Waals surface area contributed by atoms with E-state index in [2.05, 4.69) is 15.8 Å². The minimum Gasteiger partial charge on any atom is -0.482 e. The molecule has 0 radical (unpaired) electrons. The van der Waals surface area contributed by atoms with Crippen molar-refractivity contribution in [3.8, 4) is 5.75 Å². The molecule has 0 aromatic heterocycles. The van der Waals surface area contributed by atoms with Gasteiger partial charge in [-0.2, -0.15) is 5.10 Å². The Morgan fingerprint density at radius 1 is 1.27 bits per heavy atom. The van der Waals surface area contributed by atoms with Crippen LogP contribution in [0.15, 0.2) is 47.6 Å². The maximum Gasteiger partial charge on any atom is 0.341 e. The number of thiocarbonyl (C=S) groups is 1. The summed E-state index contributed by atoms with van der Waals surface area (Å²) >= 11 is 11.3. The van der Waals surface area contributed by atoms with Crippen molar-refractivity contribution in [2.45, 2.75) is 13.8 Å². The number of carboxylic acid groups (broad SMARTS) is 1. The van der Waals surface area contributed by atoms with Crippen LogP contribution in [0.3, 0.4) is 0 Å². The first-order chi connectivity index (χ1) is 12.4. The summed E-state index contributed by atoms with van der Waals surface area (Å²) < 4.78 is 5.09. The Kier molecular flexibility index (Phi) is 6.94. The number of nitrogens with zero attached hydrogens (tertiary/aromatic N) is 1. The molecule has 0 atom stereocenters. The van der Waals surface area contributed by atoms with Gasteiger partial charge in [0.05, 0.1) is 5.71 Å². The zero-order valence-electron chi connectivity index (χ0n) is 14.2. The second kappa shape index (κ2) is 9.17. The van der Waals surface area contributed by atoms with E-state index in [1.165, 1.54) is 0 Å². The minimum atomic E-state index is -1.02. The molecule has 0 heterocycles. The molecule has 6 nitrogen and oxygen atoms in total. The van der Waals surface area contributed by atoms with Gasteiger partial charge in [0, 0.05) is 10.7 Å². The third-order valence-corrected chi connectivity index (χ3v) is 4.08. The fraction of sp³-hybridized carbons (Fsp3) is 0.167. The Labute approximate surface area is 161 Å². The van der Waals surface area contributed by atoms with E-state index >= 15 is 0 Å². The Bertz CT molecular complexity index is 838. The van der Waals surface area contributed by atoms with Crippen LogP contribution in [0.5, 0.6) is 5.75 Å². The summed E-state index contributed by atoms with van der Waals surface area (Å²) in [4.78, 5) is 10.5. The van der Waals surface area contributed by atoms with E-state index in [1.807, 2.05) is 32.0 Å². The first kappa shape index (κ1) is 19.7. The molecule has 8 heteroatoms. The standard InChI is InChI=1S/C18H18ClN3O3S/c1-11-15(19)4-3-5-16(11)20-18(26)22-21-12(2)13-6-8-14(9-7-13)25-10-17(23)24/h3-9H,10H2,1-2H3,(H,23,24)(H2,20,22,26)/b21-12-. The second-order valence-electron chi connectivity index (χ2n) is 5.38. The maximum atomic E-state index is 10.5. The molecule has 136 valence electrons. The van der Waals surface area contributed by atoms with Crippen molar-refractivity contribution in [2.75, 3.05) is 11.9 Å². The maximum absolute atomic E-state index is 10.5. The number of rotatable bonds is 6. The van der Waals surface area contributed by atoms with E-state index in [0.717, 1.165) is 16.8 Å². The van der Waals surface area contributed by atoms with Crippen LogP contribution in [0.25, 0.3) is 0 Å². The molecule has 26 heavy (non-hydrogen) atoms. The van der Waals surface area contributed by atoms with E-state index in [1.54, 1.807) is 24.3 Å². The highest BCUT2D eigenvalue weighted by Gasteiger charge is 2.05. The Hall–Kier alpha value is -2.64. The average molecular weight is 392 g/mol.